The molecule has 34 heavy (non-hydrogen) atoms. The first kappa shape index (κ1) is 22.4. The summed E-state index contributed by atoms with van der Waals surface area (Å²) in [5, 5.41) is 4.01. The van der Waals surface area contributed by atoms with E-state index in [1.807, 2.05) is 48.5 Å². The molecule has 0 spiro atoms. The molecule has 0 saturated carbocycles. The van der Waals surface area contributed by atoms with Crippen LogP contribution in [0.3, 0.4) is 0 Å². The lowest BCUT2D eigenvalue weighted by atomic mass is 9.95. The van der Waals surface area contributed by atoms with Crippen LogP contribution in [-0.4, -0.2) is 45.4 Å². The molecule has 2 aromatic heterocycles. The van der Waals surface area contributed by atoms with Crippen molar-refractivity contribution in [3.63, 3.8) is 0 Å². The zero-order valence-corrected chi connectivity index (χ0v) is 20.2. The molecular formula is C26H26N4O3S. The number of aromatic nitrogens is 2. The van der Waals surface area contributed by atoms with E-state index >= 15 is 0 Å². The highest BCUT2D eigenvalue weighted by molar-refractivity contribution is 7.22. The number of nitrogens with zero attached hydrogens (tertiary/aromatic N) is 3. The van der Waals surface area contributed by atoms with E-state index in [0.717, 1.165) is 45.3 Å². The van der Waals surface area contributed by atoms with Gasteiger partial charge in [0.2, 0.25) is 0 Å². The molecule has 174 valence electrons. The molecule has 8 heteroatoms. The molecule has 7 nitrogen and oxygen atoms in total. The molecule has 0 saturated heterocycles. The van der Waals surface area contributed by atoms with Crippen LogP contribution in [0.4, 0.5) is 5.13 Å². The third kappa shape index (κ3) is 4.26. The van der Waals surface area contributed by atoms with Gasteiger partial charge in [-0.1, -0.05) is 41.7 Å². The van der Waals surface area contributed by atoms with Crippen LogP contribution in [0.2, 0.25) is 0 Å². The first-order chi connectivity index (χ1) is 16.4. The molecule has 2 aromatic carbocycles. The maximum Gasteiger partial charge on any atom is 0.339 e. The van der Waals surface area contributed by atoms with E-state index in [1.54, 1.807) is 6.92 Å². The summed E-state index contributed by atoms with van der Waals surface area (Å²) in [4.78, 5) is 37.8. The maximum absolute atomic E-state index is 13.5. The Morgan fingerprint density at radius 2 is 1.76 bits per heavy atom. The molecule has 5 rings (SSSR count). The lowest BCUT2D eigenvalue weighted by Crippen LogP contribution is -2.37. The standard InChI is InChI=1S/C26H26N4O3S/c1-15(2)30-13-12-20-18(14-30)23(17-8-4-5-9-19(17)27-20)25(32)33-16(3)24(31)29-26-28-21-10-6-7-11-22(21)34-26/h4-11,15-16H,12-14H2,1-3H3,(H,28,29,31). The lowest BCUT2D eigenvalue weighted by Gasteiger charge is -2.32. The molecule has 1 amide bonds. The number of hydrogen-bond acceptors (Lipinski definition) is 7. The third-order valence-electron chi connectivity index (χ3n) is 6.19. The largest absolute Gasteiger partial charge is 0.449 e. The van der Waals surface area contributed by atoms with E-state index in [2.05, 4.69) is 29.0 Å². The minimum atomic E-state index is -0.980. The number of carbonyl (C=O) groups excluding carboxylic acids is 2. The van der Waals surface area contributed by atoms with E-state index in [1.165, 1.54) is 11.3 Å². The smallest absolute Gasteiger partial charge is 0.339 e. The van der Waals surface area contributed by atoms with Crippen molar-refractivity contribution in [3.8, 4) is 0 Å². The van der Waals surface area contributed by atoms with Gasteiger partial charge >= 0.3 is 5.97 Å². The van der Waals surface area contributed by atoms with E-state index in [0.29, 0.717) is 23.3 Å². The fraction of sp³-hybridized carbons (Fsp3) is 0.308. The number of ether oxygens (including phenoxy) is 1. The van der Waals surface area contributed by atoms with Crippen molar-refractivity contribution in [2.45, 2.75) is 45.9 Å². The van der Waals surface area contributed by atoms with Gasteiger partial charge in [0, 0.05) is 42.2 Å². The van der Waals surface area contributed by atoms with Gasteiger partial charge in [-0.2, -0.15) is 0 Å². The quantitative estimate of drug-likeness (QED) is 0.419. The molecule has 4 aromatic rings. The van der Waals surface area contributed by atoms with Crippen molar-refractivity contribution in [2.24, 2.45) is 0 Å². The highest BCUT2D eigenvalue weighted by Gasteiger charge is 2.29. The first-order valence-electron chi connectivity index (χ1n) is 11.4. The molecule has 0 bridgehead atoms. The molecule has 1 atom stereocenters. The van der Waals surface area contributed by atoms with Gasteiger partial charge in [0.15, 0.2) is 11.2 Å². The van der Waals surface area contributed by atoms with Crippen LogP contribution in [0.1, 0.15) is 42.4 Å². The summed E-state index contributed by atoms with van der Waals surface area (Å²) in [5.41, 5.74) is 3.90. The summed E-state index contributed by atoms with van der Waals surface area (Å²) in [5.74, 6) is -0.921. The topological polar surface area (TPSA) is 84.4 Å². The zero-order valence-electron chi connectivity index (χ0n) is 19.4. The van der Waals surface area contributed by atoms with Gasteiger partial charge in [-0.05, 0) is 39.0 Å². The summed E-state index contributed by atoms with van der Waals surface area (Å²) < 4.78 is 6.67. The Kier molecular flexibility index (Phi) is 6.02. The Balaban J connectivity index is 1.41. The highest BCUT2D eigenvalue weighted by atomic mass is 32.1. The van der Waals surface area contributed by atoms with Crippen LogP contribution < -0.4 is 5.32 Å². The van der Waals surface area contributed by atoms with Gasteiger partial charge in [0.1, 0.15) is 0 Å². The minimum Gasteiger partial charge on any atom is -0.449 e. The second-order valence-electron chi connectivity index (χ2n) is 8.77. The summed E-state index contributed by atoms with van der Waals surface area (Å²) in [6, 6.07) is 15.6. The summed E-state index contributed by atoms with van der Waals surface area (Å²) in [6.45, 7) is 7.39. The van der Waals surface area contributed by atoms with Crippen molar-refractivity contribution in [1.82, 2.24) is 14.9 Å². The molecule has 1 unspecified atom stereocenters. The molecule has 3 heterocycles. The Bertz CT molecular complexity index is 1360. The SMILES string of the molecule is CC(OC(=O)c1c2c(nc3ccccc13)CCN(C(C)C)C2)C(=O)Nc1nc2ccccc2s1. The average Bonchev–Trinajstić information content (AvgIpc) is 3.24. The zero-order chi connectivity index (χ0) is 23.8. The Hall–Kier alpha value is -3.36. The number of pyridine rings is 1. The normalized spacial score (nSPS) is 14.8. The van der Waals surface area contributed by atoms with Gasteiger partial charge < -0.3 is 4.74 Å². The number of carbonyl (C=O) groups is 2. The molecule has 1 N–H and O–H groups in total. The molecule has 0 aliphatic carbocycles. The second kappa shape index (κ2) is 9.12. The van der Waals surface area contributed by atoms with Crippen molar-refractivity contribution < 1.29 is 14.3 Å². The third-order valence-corrected chi connectivity index (χ3v) is 7.14. The molecule has 0 fully saturated rings. The van der Waals surface area contributed by atoms with Crippen molar-refractivity contribution in [1.29, 1.82) is 0 Å². The molecular weight excluding hydrogens is 448 g/mol. The highest BCUT2D eigenvalue weighted by Crippen LogP contribution is 2.30. The van der Waals surface area contributed by atoms with Crippen LogP contribution in [0.25, 0.3) is 21.1 Å². The van der Waals surface area contributed by atoms with Crippen LogP contribution in [0.5, 0.6) is 0 Å². The van der Waals surface area contributed by atoms with Crippen molar-refractivity contribution in [3.05, 3.63) is 65.4 Å². The number of thiazole rings is 1. The molecule has 1 aliphatic rings. The number of hydrogen-bond donors (Lipinski definition) is 1. The van der Waals surface area contributed by atoms with E-state index < -0.39 is 18.0 Å². The van der Waals surface area contributed by atoms with Gasteiger partial charge in [-0.25, -0.2) is 9.78 Å². The predicted molar refractivity (Wildman–Crippen MR) is 134 cm³/mol. The van der Waals surface area contributed by atoms with Crippen LogP contribution in [0, 0.1) is 0 Å². The number of anilines is 1. The van der Waals surface area contributed by atoms with Crippen LogP contribution in [-0.2, 0) is 22.5 Å². The van der Waals surface area contributed by atoms with Crippen molar-refractivity contribution >= 4 is 49.5 Å². The minimum absolute atomic E-state index is 0.349. The number of para-hydroxylation sites is 2. The number of benzene rings is 2. The monoisotopic (exact) mass is 474 g/mol. The molecule has 1 aliphatic heterocycles. The van der Waals surface area contributed by atoms with Crippen LogP contribution in [0.15, 0.2) is 48.5 Å². The number of nitrogens with one attached hydrogen (secondary N) is 1. The fourth-order valence-electron chi connectivity index (χ4n) is 4.29. The summed E-state index contributed by atoms with van der Waals surface area (Å²) in [6.07, 6.45) is -0.210. The van der Waals surface area contributed by atoms with E-state index in [4.69, 9.17) is 9.72 Å². The van der Waals surface area contributed by atoms with Crippen LogP contribution >= 0.6 is 11.3 Å². The summed E-state index contributed by atoms with van der Waals surface area (Å²) >= 11 is 1.38. The number of fused-ring (bicyclic) bond motifs is 3. The summed E-state index contributed by atoms with van der Waals surface area (Å²) in [7, 11) is 0. The Morgan fingerprint density at radius 1 is 1.03 bits per heavy atom. The first-order valence-corrected chi connectivity index (χ1v) is 12.2. The second-order valence-corrected chi connectivity index (χ2v) is 9.80. The lowest BCUT2D eigenvalue weighted by molar-refractivity contribution is -0.123. The van der Waals surface area contributed by atoms with Gasteiger partial charge in [0.05, 0.1) is 21.3 Å². The predicted octanol–water partition coefficient (Wildman–Crippen LogP) is 4.80. The van der Waals surface area contributed by atoms with E-state index in [-0.39, 0.29) is 0 Å². The number of amides is 1. The van der Waals surface area contributed by atoms with Gasteiger partial charge in [-0.3, -0.25) is 20.0 Å². The average molecular weight is 475 g/mol. The Morgan fingerprint density at radius 3 is 2.53 bits per heavy atom. The Labute approximate surface area is 201 Å². The number of esters is 1. The van der Waals surface area contributed by atoms with Gasteiger partial charge in [-0.15, -0.1) is 0 Å². The maximum atomic E-state index is 13.5. The van der Waals surface area contributed by atoms with Crippen molar-refractivity contribution in [2.75, 3.05) is 11.9 Å². The van der Waals surface area contributed by atoms with E-state index in [9.17, 15) is 9.59 Å². The fourth-order valence-corrected chi connectivity index (χ4v) is 5.16. The van der Waals surface area contributed by atoms with Gasteiger partial charge in [0.25, 0.3) is 5.91 Å². The molecule has 0 radical (unpaired) electrons. The number of rotatable bonds is 5.